The maximum atomic E-state index is 5.92. The van der Waals surface area contributed by atoms with E-state index in [0.717, 1.165) is 31.2 Å². The highest BCUT2D eigenvalue weighted by Gasteiger charge is 2.26. The van der Waals surface area contributed by atoms with E-state index < -0.39 is 0 Å². The van der Waals surface area contributed by atoms with Gasteiger partial charge in [0.1, 0.15) is 12.4 Å². The summed E-state index contributed by atoms with van der Waals surface area (Å²) in [6.07, 6.45) is 8.68. The van der Waals surface area contributed by atoms with Crippen LogP contribution < -0.4 is 10.1 Å². The third kappa shape index (κ3) is 3.45. The zero-order chi connectivity index (χ0) is 15.5. The fourth-order valence-electron chi connectivity index (χ4n) is 3.64. The van der Waals surface area contributed by atoms with Crippen molar-refractivity contribution in [2.24, 2.45) is 11.8 Å². The monoisotopic (exact) mass is 306 g/mol. The first kappa shape index (κ1) is 14.5. The number of hydrogen-bond donors (Lipinski definition) is 1. The molecule has 0 unspecified atom stereocenters. The minimum absolute atomic E-state index is 0.584. The van der Waals surface area contributed by atoms with Crippen molar-refractivity contribution < 1.29 is 4.74 Å². The van der Waals surface area contributed by atoms with E-state index in [1.54, 1.807) is 6.20 Å². The first-order valence-corrected chi connectivity index (χ1v) is 8.40. The lowest BCUT2D eigenvalue weighted by Crippen LogP contribution is -2.37. The number of piperidine rings is 1. The minimum Gasteiger partial charge on any atom is -0.487 e. The van der Waals surface area contributed by atoms with Crippen LogP contribution in [0.4, 0.5) is 0 Å². The molecule has 1 aliphatic heterocycles. The summed E-state index contributed by atoms with van der Waals surface area (Å²) >= 11 is 0. The average molecular weight is 306 g/mol. The van der Waals surface area contributed by atoms with Gasteiger partial charge >= 0.3 is 0 Å². The fraction of sp³-hybridized carbons (Fsp3) is 0.350. The number of nitrogens with zero attached hydrogens (tertiary/aromatic N) is 1. The molecular weight excluding hydrogens is 284 g/mol. The van der Waals surface area contributed by atoms with E-state index in [-0.39, 0.29) is 0 Å². The van der Waals surface area contributed by atoms with E-state index >= 15 is 0 Å². The highest BCUT2D eigenvalue weighted by atomic mass is 16.5. The molecule has 118 valence electrons. The Bertz CT molecular complexity index is 696. The van der Waals surface area contributed by atoms with Gasteiger partial charge in [0.15, 0.2) is 0 Å². The predicted octanol–water partition coefficient (Wildman–Crippen LogP) is 3.67. The third-order valence-electron chi connectivity index (χ3n) is 4.75. The molecule has 1 N–H and O–H groups in total. The Kier molecular flexibility index (Phi) is 4.12. The van der Waals surface area contributed by atoms with Gasteiger partial charge in [-0.15, -0.1) is 0 Å². The molecule has 0 saturated carbocycles. The zero-order valence-electron chi connectivity index (χ0n) is 13.2. The van der Waals surface area contributed by atoms with Crippen LogP contribution in [0.1, 0.15) is 24.0 Å². The molecule has 2 aliphatic rings. The lowest BCUT2D eigenvalue weighted by molar-refractivity contribution is 0.304. The van der Waals surface area contributed by atoms with Crippen LogP contribution >= 0.6 is 0 Å². The number of allylic oxidation sites excluding steroid dienone is 1. The van der Waals surface area contributed by atoms with Crippen molar-refractivity contribution in [2.45, 2.75) is 19.4 Å². The highest BCUT2D eigenvalue weighted by molar-refractivity contribution is 5.67. The molecule has 1 aromatic carbocycles. The van der Waals surface area contributed by atoms with Crippen molar-refractivity contribution in [3.05, 3.63) is 66.0 Å². The average Bonchev–Trinajstić information content (AvgIpc) is 2.61. The first-order valence-electron chi connectivity index (χ1n) is 8.40. The van der Waals surface area contributed by atoms with Crippen LogP contribution in [0.2, 0.25) is 0 Å². The van der Waals surface area contributed by atoms with Gasteiger partial charge in [0.25, 0.3) is 0 Å². The Labute approximate surface area is 137 Å². The van der Waals surface area contributed by atoms with E-state index in [0.29, 0.717) is 12.5 Å². The van der Waals surface area contributed by atoms with E-state index in [9.17, 15) is 0 Å². The molecule has 4 rings (SSSR count). The molecule has 0 amide bonds. The Morgan fingerprint density at radius 2 is 2.04 bits per heavy atom. The largest absolute Gasteiger partial charge is 0.487 e. The molecule has 0 radical (unpaired) electrons. The number of hydrogen-bond acceptors (Lipinski definition) is 3. The lowest BCUT2D eigenvalue weighted by Gasteiger charge is -2.34. The van der Waals surface area contributed by atoms with Crippen LogP contribution in [0.15, 0.2) is 54.9 Å². The van der Waals surface area contributed by atoms with Gasteiger partial charge in [0.05, 0.1) is 6.20 Å². The molecule has 2 atom stereocenters. The van der Waals surface area contributed by atoms with Crippen molar-refractivity contribution in [3.63, 3.8) is 0 Å². The van der Waals surface area contributed by atoms with Crippen LogP contribution in [0.5, 0.6) is 5.75 Å². The Balaban J connectivity index is 1.49. The number of rotatable bonds is 4. The van der Waals surface area contributed by atoms with Gasteiger partial charge in [0, 0.05) is 12.7 Å². The highest BCUT2D eigenvalue weighted by Crippen LogP contribution is 2.36. The quantitative estimate of drug-likeness (QED) is 0.936. The topological polar surface area (TPSA) is 34.1 Å². The first-order chi connectivity index (χ1) is 11.4. The smallest absolute Gasteiger partial charge is 0.138 e. The SMILES string of the molecule is C1=C(c2cncc(OCc3ccccc3)c2)C[C@H]2CNC[C@@H]1C2. The second kappa shape index (κ2) is 6.55. The van der Waals surface area contributed by atoms with Gasteiger partial charge in [0.2, 0.25) is 0 Å². The molecule has 2 aromatic rings. The van der Waals surface area contributed by atoms with Crippen molar-refractivity contribution in [2.75, 3.05) is 13.1 Å². The minimum atomic E-state index is 0.584. The number of fused-ring (bicyclic) bond motifs is 2. The summed E-state index contributed by atoms with van der Waals surface area (Å²) in [5.41, 5.74) is 3.83. The van der Waals surface area contributed by atoms with E-state index in [2.05, 4.69) is 34.6 Å². The van der Waals surface area contributed by atoms with Crippen LogP contribution in [0.3, 0.4) is 0 Å². The van der Waals surface area contributed by atoms with Crippen molar-refractivity contribution in [3.8, 4) is 5.75 Å². The number of pyridine rings is 1. The summed E-state index contributed by atoms with van der Waals surface area (Å²) in [5, 5.41) is 3.52. The van der Waals surface area contributed by atoms with Gasteiger partial charge in [-0.1, -0.05) is 36.4 Å². The molecule has 3 nitrogen and oxygen atoms in total. The molecule has 1 fully saturated rings. The maximum absolute atomic E-state index is 5.92. The van der Waals surface area contributed by atoms with Gasteiger partial charge < -0.3 is 10.1 Å². The van der Waals surface area contributed by atoms with E-state index in [1.165, 1.54) is 23.1 Å². The van der Waals surface area contributed by atoms with Crippen molar-refractivity contribution in [1.29, 1.82) is 0 Å². The molecule has 1 aliphatic carbocycles. The van der Waals surface area contributed by atoms with Crippen molar-refractivity contribution in [1.82, 2.24) is 10.3 Å². The normalized spacial score (nSPS) is 23.2. The predicted molar refractivity (Wildman–Crippen MR) is 92.1 cm³/mol. The second-order valence-electron chi connectivity index (χ2n) is 6.60. The fourth-order valence-corrected chi connectivity index (χ4v) is 3.64. The lowest BCUT2D eigenvalue weighted by atomic mass is 9.78. The van der Waals surface area contributed by atoms with Crippen LogP contribution in [-0.4, -0.2) is 18.1 Å². The van der Waals surface area contributed by atoms with Crippen LogP contribution in [0, 0.1) is 11.8 Å². The van der Waals surface area contributed by atoms with Crippen LogP contribution in [-0.2, 0) is 6.61 Å². The third-order valence-corrected chi connectivity index (χ3v) is 4.75. The molecule has 3 heteroatoms. The summed E-state index contributed by atoms with van der Waals surface area (Å²) in [4.78, 5) is 4.38. The zero-order valence-corrected chi connectivity index (χ0v) is 13.2. The summed E-state index contributed by atoms with van der Waals surface area (Å²) in [6.45, 7) is 2.84. The molecule has 1 saturated heterocycles. The molecule has 23 heavy (non-hydrogen) atoms. The molecule has 2 bridgehead atoms. The van der Waals surface area contributed by atoms with Crippen molar-refractivity contribution >= 4 is 5.57 Å². The van der Waals surface area contributed by atoms with Gasteiger partial charge in [-0.05, 0) is 54.0 Å². The molecule has 1 aromatic heterocycles. The summed E-state index contributed by atoms with van der Waals surface area (Å²) in [5.74, 6) is 2.29. The number of aromatic nitrogens is 1. The number of benzene rings is 1. The number of ether oxygens (including phenoxy) is 1. The number of nitrogens with one attached hydrogen (secondary N) is 1. The Morgan fingerprint density at radius 3 is 2.91 bits per heavy atom. The molecule has 0 spiro atoms. The standard InChI is InChI=1S/C20H22N2O/c1-2-4-15(5-3-1)14-23-20-9-19(12-22-13-20)18-7-16-6-17(8-18)11-21-10-16/h1-5,7,9,12-13,16-17,21H,6,8,10-11,14H2/t16-,17+/m1/s1. The molecular formula is C20H22N2O. The maximum Gasteiger partial charge on any atom is 0.138 e. The Morgan fingerprint density at radius 1 is 1.13 bits per heavy atom. The van der Waals surface area contributed by atoms with E-state index in [4.69, 9.17) is 4.74 Å². The van der Waals surface area contributed by atoms with Gasteiger partial charge in [-0.25, -0.2) is 0 Å². The second-order valence-corrected chi connectivity index (χ2v) is 6.60. The van der Waals surface area contributed by atoms with Gasteiger partial charge in [-0.2, -0.15) is 0 Å². The summed E-state index contributed by atoms with van der Waals surface area (Å²) in [6, 6.07) is 12.4. The van der Waals surface area contributed by atoms with Crippen LogP contribution in [0.25, 0.3) is 5.57 Å². The van der Waals surface area contributed by atoms with E-state index in [1.807, 2.05) is 24.4 Å². The summed E-state index contributed by atoms with van der Waals surface area (Å²) in [7, 11) is 0. The summed E-state index contributed by atoms with van der Waals surface area (Å²) < 4.78 is 5.92. The Hall–Kier alpha value is -2.13. The van der Waals surface area contributed by atoms with Gasteiger partial charge in [-0.3, -0.25) is 4.98 Å². The molecule has 2 heterocycles.